The molecular formula is C44H28O. The molecule has 0 N–H and O–H groups in total. The SMILES string of the molecule is [2H]c1c([2H])c([2H])c(-c2c([2H])c([2H])c(-c3c4c([2H])c([2H])c([2H])c([2H])c4c(-c4c([2H])c([2H])c5c(oc6c([2H])c([2H])c(-c7c([2H])c([2H])c([2H])c([2H])c7[2H])c([2H])c65)c4[2H])c4c([2H])c([2H])c([2H])c([2H])c34)c([2H])c2[2H])c([2H])c1[2H]. The zero-order valence-corrected chi connectivity index (χ0v) is 22.4. The Balaban J connectivity index is 1.51. The highest BCUT2D eigenvalue weighted by Gasteiger charge is 2.18. The first-order valence-electron chi connectivity index (χ1n) is 27.2. The largest absolute Gasteiger partial charge is 0.456 e. The molecule has 0 atom stereocenters. The summed E-state index contributed by atoms with van der Waals surface area (Å²) in [7, 11) is 0. The predicted octanol–water partition coefficient (Wildman–Crippen LogP) is 12.6. The van der Waals surface area contributed by atoms with Crippen LogP contribution in [-0.4, -0.2) is 0 Å². The lowest BCUT2D eigenvalue weighted by molar-refractivity contribution is 0.669. The van der Waals surface area contributed by atoms with Crippen LogP contribution in [0.4, 0.5) is 0 Å². The third kappa shape index (κ3) is 4.24. The highest BCUT2D eigenvalue weighted by molar-refractivity contribution is 6.22. The van der Waals surface area contributed by atoms with Crippen molar-refractivity contribution in [2.24, 2.45) is 0 Å². The van der Waals surface area contributed by atoms with E-state index in [1.165, 1.54) is 0 Å². The highest BCUT2D eigenvalue weighted by atomic mass is 16.3. The van der Waals surface area contributed by atoms with E-state index in [1.54, 1.807) is 0 Å². The van der Waals surface area contributed by atoms with Gasteiger partial charge in [-0.1, -0.05) is 145 Å². The van der Waals surface area contributed by atoms with E-state index < -0.39 is 257 Å². The van der Waals surface area contributed by atoms with Crippen LogP contribution in [0.3, 0.4) is 0 Å². The second-order valence-corrected chi connectivity index (χ2v) is 9.51. The lowest BCUT2D eigenvalue weighted by Gasteiger charge is -2.18. The second kappa shape index (κ2) is 10.4. The Morgan fingerprint density at radius 1 is 0.289 bits per heavy atom. The van der Waals surface area contributed by atoms with Gasteiger partial charge in [-0.25, -0.2) is 0 Å². The Kier molecular flexibility index (Phi) is 2.32. The normalized spacial score (nSPS) is 20.3. The summed E-state index contributed by atoms with van der Waals surface area (Å²) < 4.78 is 254. The summed E-state index contributed by atoms with van der Waals surface area (Å²) in [5.74, 6) is 0. The fraction of sp³-hybridized carbons (Fsp3) is 0. The van der Waals surface area contributed by atoms with Gasteiger partial charge < -0.3 is 4.42 Å². The minimum atomic E-state index is -1.06. The molecule has 1 heteroatoms. The molecule has 0 radical (unpaired) electrons. The van der Waals surface area contributed by atoms with Crippen LogP contribution in [0.1, 0.15) is 38.4 Å². The molecule has 0 fully saturated rings. The number of rotatable bonds is 4. The fourth-order valence-corrected chi connectivity index (χ4v) is 5.08. The lowest BCUT2D eigenvalue weighted by Crippen LogP contribution is -1.91. The molecule has 0 saturated heterocycles. The van der Waals surface area contributed by atoms with Crippen molar-refractivity contribution in [3.63, 3.8) is 0 Å². The van der Waals surface area contributed by atoms with Crippen molar-refractivity contribution in [2.45, 2.75) is 0 Å². The first-order valence-corrected chi connectivity index (χ1v) is 13.2. The Bertz CT molecular complexity index is 3950. The standard InChI is InChI=1S/C44H28O/c1-3-11-29(12-4-1)31-19-21-32(22-20-31)43-36-15-7-9-17-38(36)44(39-18-10-8-16-37(39)43)34-23-25-35-40-27-33(30-13-5-2-6-14-30)24-26-41(40)45-42(35)28-34/h1-28H/i1D,2D,3D,4D,5D,6D,7D,8D,9D,10D,11D,12D,13D,14D,15D,16D,17D,18D,19D,20D,21D,22D,23D,24D,25D,26D,27D,28D. The monoisotopic (exact) mass is 600 g/mol. The minimum absolute atomic E-state index is 0.513. The molecule has 45 heavy (non-hydrogen) atoms. The van der Waals surface area contributed by atoms with Crippen LogP contribution >= 0.6 is 0 Å². The van der Waals surface area contributed by atoms with E-state index in [2.05, 4.69) is 0 Å². The van der Waals surface area contributed by atoms with Crippen molar-refractivity contribution in [1.29, 1.82) is 0 Å². The average molecular weight is 601 g/mol. The maximum atomic E-state index is 9.66. The molecule has 210 valence electrons. The van der Waals surface area contributed by atoms with Gasteiger partial charge in [0.05, 0.1) is 38.4 Å². The van der Waals surface area contributed by atoms with Gasteiger partial charge in [0.25, 0.3) is 0 Å². The molecule has 8 aromatic carbocycles. The zero-order valence-electron chi connectivity index (χ0n) is 50.4. The first kappa shape index (κ1) is 10.1. The third-order valence-electron chi connectivity index (χ3n) is 7.01. The molecule has 0 bridgehead atoms. The van der Waals surface area contributed by atoms with Gasteiger partial charge in [-0.15, -0.1) is 0 Å². The van der Waals surface area contributed by atoms with Gasteiger partial charge in [0.15, 0.2) is 0 Å². The van der Waals surface area contributed by atoms with Gasteiger partial charge in [-0.05, 0) is 90.2 Å². The highest BCUT2D eigenvalue weighted by Crippen LogP contribution is 2.45. The van der Waals surface area contributed by atoms with Gasteiger partial charge in [0.1, 0.15) is 11.2 Å². The molecule has 0 unspecified atom stereocenters. The van der Waals surface area contributed by atoms with E-state index in [0.717, 1.165) is 0 Å². The van der Waals surface area contributed by atoms with E-state index in [4.69, 9.17) is 29.1 Å². The summed E-state index contributed by atoms with van der Waals surface area (Å²) in [6.45, 7) is 0. The topological polar surface area (TPSA) is 13.1 Å². The Morgan fingerprint density at radius 2 is 0.733 bits per heavy atom. The van der Waals surface area contributed by atoms with E-state index in [0.29, 0.717) is 0 Å². The van der Waals surface area contributed by atoms with Crippen molar-refractivity contribution in [1.82, 2.24) is 0 Å². The van der Waals surface area contributed by atoms with Gasteiger partial charge >= 0.3 is 0 Å². The summed E-state index contributed by atoms with van der Waals surface area (Å²) in [6, 6.07) is -26.1. The van der Waals surface area contributed by atoms with Crippen molar-refractivity contribution < 1.29 is 42.8 Å². The van der Waals surface area contributed by atoms with Gasteiger partial charge in [-0.2, -0.15) is 0 Å². The molecule has 0 saturated carbocycles. The number of furan rings is 1. The number of hydrogen-bond donors (Lipinski definition) is 0. The van der Waals surface area contributed by atoms with Crippen LogP contribution < -0.4 is 0 Å². The summed E-state index contributed by atoms with van der Waals surface area (Å²) in [5.41, 5.74) is -7.28. The second-order valence-electron chi connectivity index (χ2n) is 9.51. The molecule has 0 aliphatic heterocycles. The summed E-state index contributed by atoms with van der Waals surface area (Å²) in [5, 5.41) is -4.01. The molecule has 0 aliphatic carbocycles. The molecule has 0 spiro atoms. The molecule has 1 aromatic heterocycles. The van der Waals surface area contributed by atoms with Crippen LogP contribution in [-0.2, 0) is 0 Å². The van der Waals surface area contributed by atoms with Crippen LogP contribution in [0.5, 0.6) is 0 Å². The molecule has 9 aromatic rings. The average Bonchev–Trinajstić information content (AvgIpc) is 3.78. The molecule has 1 heterocycles. The van der Waals surface area contributed by atoms with Gasteiger partial charge in [0.2, 0.25) is 0 Å². The smallest absolute Gasteiger partial charge is 0.136 e. The van der Waals surface area contributed by atoms with Crippen LogP contribution in [0.15, 0.2) is 174 Å². The summed E-state index contributed by atoms with van der Waals surface area (Å²) >= 11 is 0. The molecule has 9 rings (SSSR count). The quantitative estimate of drug-likeness (QED) is 0.183. The third-order valence-corrected chi connectivity index (χ3v) is 7.01. The van der Waals surface area contributed by atoms with Crippen molar-refractivity contribution >= 4 is 43.5 Å². The molecule has 1 nitrogen and oxygen atoms in total. The zero-order chi connectivity index (χ0) is 54.1. The van der Waals surface area contributed by atoms with E-state index in [1.807, 2.05) is 0 Å². The molecule has 0 amide bonds. The van der Waals surface area contributed by atoms with E-state index in [9.17, 15) is 13.7 Å². The molecule has 0 aliphatic rings. The fourth-order valence-electron chi connectivity index (χ4n) is 5.08. The van der Waals surface area contributed by atoms with Gasteiger partial charge in [0, 0.05) is 10.8 Å². The van der Waals surface area contributed by atoms with Crippen molar-refractivity contribution in [2.75, 3.05) is 0 Å². The predicted molar refractivity (Wildman–Crippen MR) is 190 cm³/mol. The van der Waals surface area contributed by atoms with Crippen LogP contribution in [0.2, 0.25) is 0 Å². The maximum Gasteiger partial charge on any atom is 0.136 e. The Hall–Kier alpha value is -5.92. The van der Waals surface area contributed by atoms with Crippen molar-refractivity contribution in [3.05, 3.63) is 169 Å². The number of fused-ring (bicyclic) bond motifs is 5. The lowest BCUT2D eigenvalue weighted by atomic mass is 9.85. The van der Waals surface area contributed by atoms with E-state index >= 15 is 0 Å². The maximum absolute atomic E-state index is 9.66. The number of benzene rings is 8. The van der Waals surface area contributed by atoms with Gasteiger partial charge in [-0.3, -0.25) is 0 Å². The molecular weight excluding hydrogens is 544 g/mol. The Morgan fingerprint density at radius 3 is 1.33 bits per heavy atom. The minimum Gasteiger partial charge on any atom is -0.456 e. The first-order chi connectivity index (χ1) is 34.0. The van der Waals surface area contributed by atoms with Crippen LogP contribution in [0.25, 0.3) is 88.0 Å². The number of hydrogen-bond acceptors (Lipinski definition) is 1. The van der Waals surface area contributed by atoms with Crippen molar-refractivity contribution in [3.8, 4) is 44.5 Å². The summed E-state index contributed by atoms with van der Waals surface area (Å²) in [4.78, 5) is 0. The Labute approximate surface area is 301 Å². The van der Waals surface area contributed by atoms with E-state index in [-0.39, 0.29) is 0 Å². The summed E-state index contributed by atoms with van der Waals surface area (Å²) in [6.07, 6.45) is 0. The van der Waals surface area contributed by atoms with Crippen LogP contribution in [0, 0.1) is 0 Å².